The van der Waals surface area contributed by atoms with Gasteiger partial charge in [-0.3, -0.25) is 0 Å². The maximum absolute atomic E-state index is 12.5. The molecule has 2 atom stereocenters. The molecule has 0 aromatic heterocycles. The number of nitrogens with one attached hydrogen (secondary N) is 2. The summed E-state index contributed by atoms with van der Waals surface area (Å²) in [6.45, 7) is 6.64. The van der Waals surface area contributed by atoms with E-state index >= 15 is 0 Å². The van der Waals surface area contributed by atoms with Crippen LogP contribution in [-0.4, -0.2) is 21.5 Å². The summed E-state index contributed by atoms with van der Waals surface area (Å²) in [7, 11) is -1.54. The Balaban J connectivity index is 2.28. The third-order valence-corrected chi connectivity index (χ3v) is 5.68. The summed E-state index contributed by atoms with van der Waals surface area (Å²) in [5.74, 6) is 0.507. The van der Waals surface area contributed by atoms with Crippen molar-refractivity contribution in [2.24, 2.45) is 5.92 Å². The third-order valence-electron chi connectivity index (χ3n) is 4.04. The number of benzene rings is 1. The summed E-state index contributed by atoms with van der Waals surface area (Å²) in [4.78, 5) is 0.412. The zero-order chi connectivity index (χ0) is 14.9. The summed E-state index contributed by atoms with van der Waals surface area (Å²) in [6, 6.07) is 3.87. The second-order valence-electron chi connectivity index (χ2n) is 5.71. The monoisotopic (exact) mass is 296 g/mol. The van der Waals surface area contributed by atoms with Gasteiger partial charge in [0.1, 0.15) is 0 Å². The van der Waals surface area contributed by atoms with E-state index in [-0.39, 0.29) is 6.04 Å². The fraction of sp³-hybridized carbons (Fsp3) is 0.600. The second kappa shape index (κ2) is 5.84. The maximum atomic E-state index is 12.5. The Bertz CT molecular complexity index is 596. The van der Waals surface area contributed by atoms with Crippen LogP contribution in [0.4, 0.5) is 0 Å². The number of aryl methyl sites for hydroxylation is 2. The maximum Gasteiger partial charge on any atom is 0.241 e. The van der Waals surface area contributed by atoms with Crippen molar-refractivity contribution in [2.75, 3.05) is 7.05 Å². The molecule has 1 aliphatic rings. The number of hydrogen-bond acceptors (Lipinski definition) is 3. The van der Waals surface area contributed by atoms with Crippen LogP contribution in [0.2, 0.25) is 0 Å². The molecular formula is C15H24N2O2S. The summed E-state index contributed by atoms with van der Waals surface area (Å²) in [5, 5.41) is 3.08. The first-order chi connectivity index (χ1) is 9.39. The Morgan fingerprint density at radius 2 is 1.95 bits per heavy atom. The van der Waals surface area contributed by atoms with Gasteiger partial charge in [-0.15, -0.1) is 0 Å². The van der Waals surface area contributed by atoms with Crippen molar-refractivity contribution >= 4 is 10.0 Å². The quantitative estimate of drug-likeness (QED) is 0.845. The highest BCUT2D eigenvalue weighted by Gasteiger charge is 2.39. The van der Waals surface area contributed by atoms with E-state index in [1.807, 2.05) is 27.0 Å². The molecule has 0 amide bonds. The minimum absolute atomic E-state index is 0.124. The smallest absolute Gasteiger partial charge is 0.241 e. The highest BCUT2D eigenvalue weighted by Crippen LogP contribution is 2.34. The molecule has 112 valence electrons. The van der Waals surface area contributed by atoms with Crippen LogP contribution in [0.1, 0.15) is 36.5 Å². The van der Waals surface area contributed by atoms with Gasteiger partial charge in [0.15, 0.2) is 0 Å². The number of sulfonamides is 1. The Morgan fingerprint density at radius 3 is 2.50 bits per heavy atom. The zero-order valence-electron chi connectivity index (χ0n) is 12.7. The molecule has 1 aromatic carbocycles. The molecule has 0 saturated heterocycles. The summed E-state index contributed by atoms with van der Waals surface area (Å²) >= 11 is 0. The average molecular weight is 296 g/mol. The van der Waals surface area contributed by atoms with Crippen LogP contribution in [0.25, 0.3) is 0 Å². The van der Waals surface area contributed by atoms with Crippen molar-refractivity contribution in [3.63, 3.8) is 0 Å². The predicted molar refractivity (Wildman–Crippen MR) is 81.2 cm³/mol. The minimum Gasteiger partial charge on any atom is -0.316 e. The van der Waals surface area contributed by atoms with Crippen molar-refractivity contribution in [1.29, 1.82) is 0 Å². The predicted octanol–water partition coefficient (Wildman–Crippen LogP) is 2.10. The molecule has 2 unspecified atom stereocenters. The van der Waals surface area contributed by atoms with Gasteiger partial charge in [0.2, 0.25) is 10.0 Å². The van der Waals surface area contributed by atoms with Crippen molar-refractivity contribution in [2.45, 2.75) is 51.1 Å². The first-order valence-corrected chi connectivity index (χ1v) is 8.64. The SMILES string of the molecule is CCC1CC1NS(=O)(=O)c1cc(CNC)c(C)cc1C. The van der Waals surface area contributed by atoms with Gasteiger partial charge in [0.25, 0.3) is 0 Å². The number of hydrogen-bond donors (Lipinski definition) is 2. The van der Waals surface area contributed by atoms with Gasteiger partial charge in [0, 0.05) is 12.6 Å². The normalized spacial score (nSPS) is 22.0. The highest BCUT2D eigenvalue weighted by molar-refractivity contribution is 7.89. The highest BCUT2D eigenvalue weighted by atomic mass is 32.2. The van der Waals surface area contributed by atoms with Crippen molar-refractivity contribution in [3.05, 3.63) is 28.8 Å². The van der Waals surface area contributed by atoms with Crippen LogP contribution in [0.15, 0.2) is 17.0 Å². The molecule has 1 saturated carbocycles. The van der Waals surface area contributed by atoms with Gasteiger partial charge in [0.05, 0.1) is 4.90 Å². The molecule has 0 spiro atoms. The lowest BCUT2D eigenvalue weighted by atomic mass is 10.1. The van der Waals surface area contributed by atoms with E-state index in [1.54, 1.807) is 6.07 Å². The van der Waals surface area contributed by atoms with Crippen molar-refractivity contribution in [1.82, 2.24) is 10.0 Å². The molecule has 5 heteroatoms. The van der Waals surface area contributed by atoms with Crippen LogP contribution < -0.4 is 10.0 Å². The molecule has 0 heterocycles. The van der Waals surface area contributed by atoms with E-state index in [0.717, 1.165) is 29.5 Å². The average Bonchev–Trinajstić information content (AvgIpc) is 3.10. The van der Waals surface area contributed by atoms with E-state index in [2.05, 4.69) is 17.0 Å². The van der Waals surface area contributed by atoms with Crippen LogP contribution in [0.5, 0.6) is 0 Å². The molecule has 2 rings (SSSR count). The van der Waals surface area contributed by atoms with Crippen molar-refractivity contribution < 1.29 is 8.42 Å². The Kier molecular flexibility index (Phi) is 4.52. The Labute approximate surface area is 122 Å². The first-order valence-electron chi connectivity index (χ1n) is 7.16. The summed E-state index contributed by atoms with van der Waals surface area (Å²) < 4.78 is 27.8. The van der Waals surface area contributed by atoms with E-state index in [4.69, 9.17) is 0 Å². The van der Waals surface area contributed by atoms with Gasteiger partial charge in [-0.25, -0.2) is 13.1 Å². The third kappa shape index (κ3) is 3.22. The molecule has 2 N–H and O–H groups in total. The summed E-state index contributed by atoms with van der Waals surface area (Å²) in [6.07, 6.45) is 2.00. The molecule has 0 aliphatic heterocycles. The van der Waals surface area contributed by atoms with E-state index < -0.39 is 10.0 Å². The molecule has 1 aliphatic carbocycles. The van der Waals surface area contributed by atoms with Crippen molar-refractivity contribution in [3.8, 4) is 0 Å². The van der Waals surface area contributed by atoms with Crippen LogP contribution in [0.3, 0.4) is 0 Å². The molecule has 1 fully saturated rings. The standard InChI is InChI=1S/C15H24N2O2S/c1-5-12-7-14(12)17-20(18,19)15-8-13(9-16-4)10(2)6-11(15)3/h6,8,12,14,16-17H,5,7,9H2,1-4H3. The van der Waals surface area contributed by atoms with E-state index in [1.165, 1.54) is 0 Å². The number of rotatable bonds is 6. The lowest BCUT2D eigenvalue weighted by Crippen LogP contribution is -2.28. The Hall–Kier alpha value is -0.910. The van der Waals surface area contributed by atoms with Gasteiger partial charge in [-0.05, 0) is 56.0 Å². The topological polar surface area (TPSA) is 58.2 Å². The summed E-state index contributed by atoms with van der Waals surface area (Å²) in [5.41, 5.74) is 2.96. The lowest BCUT2D eigenvalue weighted by Gasteiger charge is -2.13. The van der Waals surface area contributed by atoms with Gasteiger partial charge in [-0.2, -0.15) is 0 Å². The first kappa shape index (κ1) is 15.5. The molecule has 4 nitrogen and oxygen atoms in total. The van der Waals surface area contributed by atoms with Crippen LogP contribution in [-0.2, 0) is 16.6 Å². The molecule has 0 bridgehead atoms. The fourth-order valence-electron chi connectivity index (χ4n) is 2.65. The van der Waals surface area contributed by atoms with E-state index in [9.17, 15) is 8.42 Å². The largest absolute Gasteiger partial charge is 0.316 e. The molecule has 1 aromatic rings. The fourth-order valence-corrected chi connectivity index (χ4v) is 4.25. The molecule has 20 heavy (non-hydrogen) atoms. The minimum atomic E-state index is -3.41. The van der Waals surface area contributed by atoms with Gasteiger partial charge < -0.3 is 5.32 Å². The van der Waals surface area contributed by atoms with E-state index in [0.29, 0.717) is 17.4 Å². The van der Waals surface area contributed by atoms with Crippen LogP contribution >= 0.6 is 0 Å². The molecular weight excluding hydrogens is 272 g/mol. The second-order valence-corrected chi connectivity index (χ2v) is 7.39. The van der Waals surface area contributed by atoms with Crippen LogP contribution in [0, 0.1) is 19.8 Å². The zero-order valence-corrected chi connectivity index (χ0v) is 13.5. The lowest BCUT2D eigenvalue weighted by molar-refractivity contribution is 0.575. The van der Waals surface area contributed by atoms with Gasteiger partial charge >= 0.3 is 0 Å². The Morgan fingerprint density at radius 1 is 1.25 bits per heavy atom. The molecule has 0 radical (unpaired) electrons. The van der Waals surface area contributed by atoms with Gasteiger partial charge in [-0.1, -0.05) is 19.4 Å².